The van der Waals surface area contributed by atoms with Gasteiger partial charge in [-0.05, 0) is 40.9 Å². The minimum absolute atomic E-state index is 0.522. The SMILES string of the molecule is Nc1nc2cccc(Cl)c2n1CCc1ccsc1. The average Bonchev–Trinajstić information content (AvgIpc) is 2.94. The van der Waals surface area contributed by atoms with Crippen LogP contribution >= 0.6 is 22.9 Å². The summed E-state index contributed by atoms with van der Waals surface area (Å²) in [6.07, 6.45) is 0.935. The number of para-hydroxylation sites is 1. The van der Waals surface area contributed by atoms with Crippen molar-refractivity contribution in [3.63, 3.8) is 0 Å². The number of nitrogens with zero attached hydrogens (tertiary/aromatic N) is 2. The third-order valence-corrected chi connectivity index (χ3v) is 3.99. The second-order valence-corrected chi connectivity index (χ2v) is 5.30. The van der Waals surface area contributed by atoms with Gasteiger partial charge >= 0.3 is 0 Å². The van der Waals surface area contributed by atoms with Crippen molar-refractivity contribution in [3.05, 3.63) is 45.6 Å². The van der Waals surface area contributed by atoms with E-state index < -0.39 is 0 Å². The van der Waals surface area contributed by atoms with Gasteiger partial charge in [-0.15, -0.1) is 0 Å². The van der Waals surface area contributed by atoms with Crippen LogP contribution in [0.5, 0.6) is 0 Å². The molecule has 0 radical (unpaired) electrons. The molecule has 0 fully saturated rings. The lowest BCUT2D eigenvalue weighted by atomic mass is 10.2. The molecule has 0 aliphatic carbocycles. The van der Waals surface area contributed by atoms with Crippen LogP contribution < -0.4 is 5.73 Å². The van der Waals surface area contributed by atoms with Crippen molar-refractivity contribution >= 4 is 39.9 Å². The van der Waals surface area contributed by atoms with Crippen molar-refractivity contribution in [3.8, 4) is 0 Å². The minimum Gasteiger partial charge on any atom is -0.369 e. The van der Waals surface area contributed by atoms with Crippen LogP contribution in [-0.4, -0.2) is 9.55 Å². The number of fused-ring (bicyclic) bond motifs is 1. The summed E-state index contributed by atoms with van der Waals surface area (Å²) in [4.78, 5) is 4.33. The van der Waals surface area contributed by atoms with Crippen molar-refractivity contribution in [2.45, 2.75) is 13.0 Å². The number of nitrogen functional groups attached to an aromatic ring is 1. The standard InChI is InChI=1S/C13H12ClN3S/c14-10-2-1-3-11-12(10)17(13(15)16-11)6-4-9-5-7-18-8-9/h1-3,5,7-8H,4,6H2,(H2,15,16). The molecule has 18 heavy (non-hydrogen) atoms. The monoisotopic (exact) mass is 277 g/mol. The molecule has 0 bridgehead atoms. The summed E-state index contributed by atoms with van der Waals surface area (Å²) in [5, 5.41) is 4.93. The average molecular weight is 278 g/mol. The van der Waals surface area contributed by atoms with Gasteiger partial charge in [-0.1, -0.05) is 17.7 Å². The molecule has 0 saturated carbocycles. The van der Waals surface area contributed by atoms with Crippen LogP contribution in [0.4, 0.5) is 5.95 Å². The molecule has 3 rings (SSSR count). The van der Waals surface area contributed by atoms with Crippen molar-refractivity contribution in [2.75, 3.05) is 5.73 Å². The zero-order valence-corrected chi connectivity index (χ0v) is 11.2. The maximum absolute atomic E-state index is 6.22. The number of rotatable bonds is 3. The number of anilines is 1. The number of aromatic nitrogens is 2. The smallest absolute Gasteiger partial charge is 0.201 e. The summed E-state index contributed by atoms with van der Waals surface area (Å²) in [5.41, 5.74) is 9.05. The van der Waals surface area contributed by atoms with E-state index in [-0.39, 0.29) is 0 Å². The Labute approximate surface area is 114 Å². The lowest BCUT2D eigenvalue weighted by Gasteiger charge is -2.06. The first-order chi connectivity index (χ1) is 8.75. The minimum atomic E-state index is 0.522. The zero-order valence-electron chi connectivity index (χ0n) is 9.64. The molecule has 2 heterocycles. The highest BCUT2D eigenvalue weighted by Gasteiger charge is 2.10. The van der Waals surface area contributed by atoms with Crippen molar-refractivity contribution in [2.24, 2.45) is 0 Å². The largest absolute Gasteiger partial charge is 0.369 e. The van der Waals surface area contributed by atoms with Gasteiger partial charge in [0.05, 0.1) is 16.1 Å². The molecule has 3 nitrogen and oxygen atoms in total. The lowest BCUT2D eigenvalue weighted by molar-refractivity contribution is 0.727. The lowest BCUT2D eigenvalue weighted by Crippen LogP contribution is -2.05. The van der Waals surface area contributed by atoms with E-state index in [2.05, 4.69) is 21.8 Å². The fourth-order valence-electron chi connectivity index (χ4n) is 2.06. The third kappa shape index (κ3) is 1.98. The molecule has 0 aliphatic rings. The molecule has 2 N–H and O–H groups in total. The second-order valence-electron chi connectivity index (χ2n) is 4.11. The van der Waals surface area contributed by atoms with E-state index in [1.165, 1.54) is 5.56 Å². The van der Waals surface area contributed by atoms with Crippen LogP contribution in [0.15, 0.2) is 35.0 Å². The number of aryl methyl sites for hydroxylation is 2. The Morgan fingerprint density at radius 3 is 3.00 bits per heavy atom. The van der Waals surface area contributed by atoms with Gasteiger partial charge < -0.3 is 10.3 Å². The first-order valence-electron chi connectivity index (χ1n) is 5.67. The molecule has 92 valence electrons. The summed E-state index contributed by atoms with van der Waals surface area (Å²) in [7, 11) is 0. The van der Waals surface area contributed by atoms with Gasteiger partial charge in [0.15, 0.2) is 0 Å². The maximum Gasteiger partial charge on any atom is 0.201 e. The molecule has 0 amide bonds. The molecule has 3 aromatic rings. The highest BCUT2D eigenvalue weighted by Crippen LogP contribution is 2.26. The van der Waals surface area contributed by atoms with E-state index in [0.29, 0.717) is 11.0 Å². The molecular formula is C13H12ClN3S. The van der Waals surface area contributed by atoms with Crippen LogP contribution in [0.25, 0.3) is 11.0 Å². The molecular weight excluding hydrogens is 266 g/mol. The molecule has 0 aliphatic heterocycles. The van der Waals surface area contributed by atoms with Crippen LogP contribution in [0.2, 0.25) is 5.02 Å². The third-order valence-electron chi connectivity index (χ3n) is 2.95. The topological polar surface area (TPSA) is 43.8 Å². The van der Waals surface area contributed by atoms with Gasteiger partial charge in [0, 0.05) is 6.54 Å². The van der Waals surface area contributed by atoms with E-state index in [1.807, 2.05) is 22.8 Å². The first-order valence-corrected chi connectivity index (χ1v) is 6.99. The van der Waals surface area contributed by atoms with Crippen LogP contribution in [0, 0.1) is 0 Å². The number of hydrogen-bond donors (Lipinski definition) is 1. The maximum atomic E-state index is 6.22. The van der Waals surface area contributed by atoms with Gasteiger partial charge in [-0.3, -0.25) is 0 Å². The predicted octanol–water partition coefficient (Wildman–Crippen LogP) is 3.58. The number of benzene rings is 1. The Hall–Kier alpha value is -1.52. The molecule has 0 spiro atoms. The molecule has 0 atom stereocenters. The summed E-state index contributed by atoms with van der Waals surface area (Å²) in [5.74, 6) is 0.522. The van der Waals surface area contributed by atoms with Crippen molar-refractivity contribution in [1.82, 2.24) is 9.55 Å². The highest BCUT2D eigenvalue weighted by atomic mass is 35.5. The Kier molecular flexibility index (Phi) is 2.97. The van der Waals surface area contributed by atoms with Crippen LogP contribution in [0.3, 0.4) is 0 Å². The number of imidazole rings is 1. The predicted molar refractivity (Wildman–Crippen MR) is 77.2 cm³/mol. The van der Waals surface area contributed by atoms with Gasteiger partial charge in [0.25, 0.3) is 0 Å². The summed E-state index contributed by atoms with van der Waals surface area (Å²) in [6, 6.07) is 7.81. The summed E-state index contributed by atoms with van der Waals surface area (Å²) < 4.78 is 1.98. The molecule has 0 saturated heterocycles. The Morgan fingerprint density at radius 2 is 2.22 bits per heavy atom. The Balaban J connectivity index is 1.98. The van der Waals surface area contributed by atoms with E-state index in [9.17, 15) is 0 Å². The molecule has 1 aromatic carbocycles. The summed E-state index contributed by atoms with van der Waals surface area (Å²) in [6.45, 7) is 0.794. The number of hydrogen-bond acceptors (Lipinski definition) is 3. The van der Waals surface area contributed by atoms with E-state index in [1.54, 1.807) is 11.3 Å². The molecule has 0 unspecified atom stereocenters. The normalized spacial score (nSPS) is 11.2. The van der Waals surface area contributed by atoms with Crippen molar-refractivity contribution in [1.29, 1.82) is 0 Å². The fraction of sp³-hybridized carbons (Fsp3) is 0.154. The number of thiophene rings is 1. The van der Waals surface area contributed by atoms with E-state index >= 15 is 0 Å². The molecule has 2 aromatic heterocycles. The van der Waals surface area contributed by atoms with Gasteiger partial charge in [0.2, 0.25) is 5.95 Å². The van der Waals surface area contributed by atoms with E-state index in [0.717, 1.165) is 24.0 Å². The quantitative estimate of drug-likeness (QED) is 0.795. The van der Waals surface area contributed by atoms with Crippen molar-refractivity contribution < 1.29 is 0 Å². The highest BCUT2D eigenvalue weighted by molar-refractivity contribution is 7.07. The van der Waals surface area contributed by atoms with Crippen LogP contribution in [-0.2, 0) is 13.0 Å². The first kappa shape index (κ1) is 11.6. The van der Waals surface area contributed by atoms with E-state index in [4.69, 9.17) is 17.3 Å². The van der Waals surface area contributed by atoms with Crippen LogP contribution in [0.1, 0.15) is 5.56 Å². The second kappa shape index (κ2) is 4.63. The molecule has 5 heteroatoms. The number of nitrogens with two attached hydrogens (primary N) is 1. The number of halogens is 1. The zero-order chi connectivity index (χ0) is 12.5. The van der Waals surface area contributed by atoms with Gasteiger partial charge in [0.1, 0.15) is 0 Å². The van der Waals surface area contributed by atoms with Gasteiger partial charge in [-0.2, -0.15) is 11.3 Å². The summed E-state index contributed by atoms with van der Waals surface area (Å²) >= 11 is 7.93. The fourth-order valence-corrected chi connectivity index (χ4v) is 3.04. The Bertz CT molecular complexity index is 673. The van der Waals surface area contributed by atoms with Gasteiger partial charge in [-0.25, -0.2) is 4.98 Å². The Morgan fingerprint density at radius 1 is 1.33 bits per heavy atom.